The van der Waals surface area contributed by atoms with E-state index in [4.69, 9.17) is 0 Å². The highest BCUT2D eigenvalue weighted by molar-refractivity contribution is 7.10. The van der Waals surface area contributed by atoms with E-state index in [9.17, 15) is 14.4 Å². The summed E-state index contributed by atoms with van der Waals surface area (Å²) >= 11 is 1.49. The molecule has 0 saturated heterocycles. The molecule has 2 N–H and O–H groups in total. The van der Waals surface area contributed by atoms with Gasteiger partial charge in [0.2, 0.25) is 17.7 Å². The average molecular weight is 325 g/mol. The summed E-state index contributed by atoms with van der Waals surface area (Å²) in [6, 6.07) is 3.41. The van der Waals surface area contributed by atoms with Crippen LogP contribution >= 0.6 is 11.3 Å². The Hall–Kier alpha value is -1.89. The minimum atomic E-state index is -0.353. The number of nitrogens with one attached hydrogen (secondary N) is 2. The van der Waals surface area contributed by atoms with Crippen LogP contribution in [0.25, 0.3) is 0 Å². The maximum absolute atomic E-state index is 12.4. The molecule has 0 aliphatic rings. The number of carbonyl (C=O) groups excluding carboxylic acids is 3. The zero-order chi connectivity index (χ0) is 16.5. The third-order valence-electron chi connectivity index (χ3n) is 3.09. The molecular weight excluding hydrogens is 302 g/mol. The van der Waals surface area contributed by atoms with Gasteiger partial charge in [0.25, 0.3) is 0 Å². The second kappa shape index (κ2) is 9.19. The van der Waals surface area contributed by atoms with E-state index in [1.165, 1.54) is 23.2 Å². The predicted octanol–water partition coefficient (Wildman–Crippen LogP) is 1.30. The van der Waals surface area contributed by atoms with Crippen LogP contribution in [0.5, 0.6) is 0 Å². The Kier molecular flexibility index (Phi) is 7.59. The number of likely N-dealkylation sites (N-methyl/N-ethyl adjacent to an activating group) is 2. The van der Waals surface area contributed by atoms with E-state index in [1.807, 2.05) is 31.4 Å². The Morgan fingerprint density at radius 2 is 2.05 bits per heavy atom. The van der Waals surface area contributed by atoms with Gasteiger partial charge in [0.05, 0.1) is 19.0 Å². The molecule has 1 atom stereocenters. The minimum absolute atomic E-state index is 0.0421. The molecule has 7 heteroatoms. The van der Waals surface area contributed by atoms with Gasteiger partial charge in [0.15, 0.2) is 0 Å². The van der Waals surface area contributed by atoms with Gasteiger partial charge in [-0.1, -0.05) is 6.07 Å². The maximum atomic E-state index is 12.4. The lowest BCUT2D eigenvalue weighted by Crippen LogP contribution is -2.42. The normalized spacial score (nSPS) is 11.6. The van der Waals surface area contributed by atoms with Gasteiger partial charge < -0.3 is 15.5 Å². The Bertz CT molecular complexity index is 502. The predicted molar refractivity (Wildman–Crippen MR) is 86.4 cm³/mol. The molecule has 3 amide bonds. The molecule has 1 aromatic rings. The zero-order valence-corrected chi connectivity index (χ0v) is 14.0. The molecular formula is C15H23N3O3S. The van der Waals surface area contributed by atoms with Gasteiger partial charge in [-0.2, -0.15) is 0 Å². The molecule has 122 valence electrons. The van der Waals surface area contributed by atoms with E-state index in [2.05, 4.69) is 10.6 Å². The molecule has 0 aromatic carbocycles. The Balaban J connectivity index is 2.71. The van der Waals surface area contributed by atoms with Crippen molar-refractivity contribution in [2.45, 2.75) is 33.2 Å². The van der Waals surface area contributed by atoms with Crippen LogP contribution in [0, 0.1) is 0 Å². The molecule has 22 heavy (non-hydrogen) atoms. The van der Waals surface area contributed by atoms with Gasteiger partial charge in [-0.3, -0.25) is 14.4 Å². The van der Waals surface area contributed by atoms with Crippen LogP contribution in [-0.2, 0) is 14.4 Å². The molecule has 6 nitrogen and oxygen atoms in total. The highest BCUT2D eigenvalue weighted by atomic mass is 32.1. The molecule has 1 heterocycles. The van der Waals surface area contributed by atoms with E-state index >= 15 is 0 Å². The molecule has 0 saturated carbocycles. The number of rotatable bonds is 8. The number of hydrogen-bond donors (Lipinski definition) is 2. The van der Waals surface area contributed by atoms with Crippen molar-refractivity contribution in [3.05, 3.63) is 22.4 Å². The van der Waals surface area contributed by atoms with Crippen molar-refractivity contribution in [3.63, 3.8) is 0 Å². The van der Waals surface area contributed by atoms with Crippen LogP contribution in [0.3, 0.4) is 0 Å². The molecule has 0 unspecified atom stereocenters. The quantitative estimate of drug-likeness (QED) is 0.756. The van der Waals surface area contributed by atoms with Crippen LogP contribution in [0.1, 0.15) is 38.1 Å². The summed E-state index contributed by atoms with van der Waals surface area (Å²) in [5.41, 5.74) is 0. The first-order chi connectivity index (χ1) is 10.5. The van der Waals surface area contributed by atoms with Crippen LogP contribution < -0.4 is 10.6 Å². The first-order valence-corrected chi connectivity index (χ1v) is 8.20. The molecule has 1 rings (SSSR count). The van der Waals surface area contributed by atoms with Crippen molar-refractivity contribution in [1.82, 2.24) is 15.5 Å². The van der Waals surface area contributed by atoms with Gasteiger partial charge >= 0.3 is 0 Å². The second-order valence-corrected chi connectivity index (χ2v) is 5.81. The van der Waals surface area contributed by atoms with Gasteiger partial charge in [0.1, 0.15) is 0 Å². The van der Waals surface area contributed by atoms with Crippen molar-refractivity contribution < 1.29 is 14.4 Å². The fourth-order valence-corrected chi connectivity index (χ4v) is 2.84. The summed E-state index contributed by atoms with van der Waals surface area (Å²) in [6.45, 7) is 6.12. The van der Waals surface area contributed by atoms with Gasteiger partial charge in [-0.15, -0.1) is 11.3 Å². The van der Waals surface area contributed by atoms with Gasteiger partial charge in [-0.25, -0.2) is 0 Å². The summed E-state index contributed by atoms with van der Waals surface area (Å²) in [5, 5.41) is 7.38. The van der Waals surface area contributed by atoms with E-state index in [-0.39, 0.29) is 36.7 Å². The molecule has 0 fully saturated rings. The lowest BCUT2D eigenvalue weighted by atomic mass is 10.1. The highest BCUT2D eigenvalue weighted by Crippen LogP contribution is 2.22. The molecule has 1 aromatic heterocycles. The van der Waals surface area contributed by atoms with Crippen molar-refractivity contribution in [1.29, 1.82) is 0 Å². The molecule has 0 bridgehead atoms. The van der Waals surface area contributed by atoms with E-state index in [1.54, 1.807) is 0 Å². The summed E-state index contributed by atoms with van der Waals surface area (Å²) in [5.74, 6) is -0.510. The third kappa shape index (κ3) is 5.85. The first kappa shape index (κ1) is 18.2. The number of hydrogen-bond acceptors (Lipinski definition) is 4. The number of carbonyl (C=O) groups is 3. The standard InChI is InChI=1S/C15H23N3O3S/c1-4-16-14(20)10-18(5-2)15(21)9-12(17-11(3)19)13-7-6-8-22-13/h6-8,12H,4-5,9-10H2,1-3H3,(H,16,20)(H,17,19)/t12-/m0/s1. The average Bonchev–Trinajstić information content (AvgIpc) is 2.97. The zero-order valence-electron chi connectivity index (χ0n) is 13.2. The van der Waals surface area contributed by atoms with E-state index < -0.39 is 0 Å². The highest BCUT2D eigenvalue weighted by Gasteiger charge is 2.22. The minimum Gasteiger partial charge on any atom is -0.355 e. The number of nitrogens with zero attached hydrogens (tertiary/aromatic N) is 1. The lowest BCUT2D eigenvalue weighted by molar-refractivity contribution is -0.136. The number of amides is 3. The van der Waals surface area contributed by atoms with Crippen LogP contribution in [0.2, 0.25) is 0 Å². The third-order valence-corrected chi connectivity index (χ3v) is 4.07. The number of thiophene rings is 1. The maximum Gasteiger partial charge on any atom is 0.239 e. The summed E-state index contributed by atoms with van der Waals surface area (Å²) in [7, 11) is 0. The Morgan fingerprint density at radius 3 is 2.55 bits per heavy atom. The molecule has 0 spiro atoms. The molecule has 0 radical (unpaired) electrons. The smallest absolute Gasteiger partial charge is 0.239 e. The van der Waals surface area contributed by atoms with Crippen LogP contribution in [0.15, 0.2) is 17.5 Å². The molecule has 0 aliphatic heterocycles. The van der Waals surface area contributed by atoms with Gasteiger partial charge in [-0.05, 0) is 25.3 Å². The largest absolute Gasteiger partial charge is 0.355 e. The van der Waals surface area contributed by atoms with E-state index in [0.717, 1.165) is 4.88 Å². The van der Waals surface area contributed by atoms with Crippen LogP contribution in [0.4, 0.5) is 0 Å². The summed E-state index contributed by atoms with van der Waals surface area (Å²) in [6.07, 6.45) is 0.146. The first-order valence-electron chi connectivity index (χ1n) is 7.32. The van der Waals surface area contributed by atoms with Crippen molar-refractivity contribution >= 4 is 29.1 Å². The SMILES string of the molecule is CCNC(=O)CN(CC)C(=O)C[C@H](NC(C)=O)c1cccs1. The molecule has 0 aliphatic carbocycles. The monoisotopic (exact) mass is 325 g/mol. The van der Waals surface area contributed by atoms with Crippen molar-refractivity contribution in [3.8, 4) is 0 Å². The van der Waals surface area contributed by atoms with E-state index in [0.29, 0.717) is 13.1 Å². The Morgan fingerprint density at radius 1 is 1.32 bits per heavy atom. The van der Waals surface area contributed by atoms with Gasteiger partial charge in [0, 0.05) is 24.9 Å². The summed E-state index contributed by atoms with van der Waals surface area (Å²) < 4.78 is 0. The lowest BCUT2D eigenvalue weighted by Gasteiger charge is -2.23. The fourth-order valence-electron chi connectivity index (χ4n) is 2.06. The summed E-state index contributed by atoms with van der Waals surface area (Å²) in [4.78, 5) is 37.8. The Labute approximate surface area is 134 Å². The second-order valence-electron chi connectivity index (χ2n) is 4.83. The van der Waals surface area contributed by atoms with Crippen LogP contribution in [-0.4, -0.2) is 42.3 Å². The van der Waals surface area contributed by atoms with Crippen molar-refractivity contribution in [2.24, 2.45) is 0 Å². The fraction of sp³-hybridized carbons (Fsp3) is 0.533. The van der Waals surface area contributed by atoms with Crippen molar-refractivity contribution in [2.75, 3.05) is 19.6 Å². The topological polar surface area (TPSA) is 78.5 Å².